The number of carboxylic acid groups (broad SMARTS) is 1. The van der Waals surface area contributed by atoms with Crippen molar-refractivity contribution in [3.63, 3.8) is 0 Å². The van der Waals surface area contributed by atoms with Gasteiger partial charge < -0.3 is 31.9 Å². The third-order valence-electron chi connectivity index (χ3n) is 3.82. The molecule has 0 fully saturated rings. The number of thiol groups is 1. The molecular weight excluding hydrogens is 440 g/mol. The molecule has 0 aromatic heterocycles. The molecule has 0 bridgehead atoms. The molecule has 10 nitrogen and oxygen atoms in total. The highest BCUT2D eigenvalue weighted by Gasteiger charge is 2.29. The molecule has 29 heavy (non-hydrogen) atoms. The minimum absolute atomic E-state index is 0.110. The van der Waals surface area contributed by atoms with E-state index < -0.39 is 54.5 Å². The van der Waals surface area contributed by atoms with Gasteiger partial charge in [0.2, 0.25) is 17.7 Å². The smallest absolute Gasteiger partial charge is 0.328 e. The summed E-state index contributed by atoms with van der Waals surface area (Å²) in [5.74, 6) is -1.99. The molecule has 0 aromatic carbocycles. The molecule has 0 aliphatic rings. The van der Waals surface area contributed by atoms with Crippen LogP contribution in [0, 0.1) is 0 Å². The van der Waals surface area contributed by atoms with E-state index in [1.165, 1.54) is 23.5 Å². The van der Waals surface area contributed by atoms with E-state index in [4.69, 9.17) is 15.9 Å². The Kier molecular flexibility index (Phi) is 15.0. The quantitative estimate of drug-likeness (QED) is 0.138. The molecule has 4 atom stereocenters. The number of aliphatic carboxylic acids is 1. The van der Waals surface area contributed by atoms with Crippen LogP contribution in [0.4, 0.5) is 0 Å². The fourth-order valence-corrected chi connectivity index (χ4v) is 3.21. The predicted molar refractivity (Wildman–Crippen MR) is 118 cm³/mol. The number of nitrogens with two attached hydrogens (primary N) is 1. The maximum Gasteiger partial charge on any atom is 0.328 e. The molecular formula is C16H30N4O6S3. The molecule has 0 aromatic rings. The Morgan fingerprint density at radius 1 is 0.897 bits per heavy atom. The molecule has 0 heterocycles. The summed E-state index contributed by atoms with van der Waals surface area (Å²) >= 11 is 6.90. The van der Waals surface area contributed by atoms with Gasteiger partial charge in [-0.1, -0.05) is 0 Å². The van der Waals surface area contributed by atoms with Crippen molar-refractivity contribution in [2.75, 3.05) is 36.4 Å². The first-order valence-electron chi connectivity index (χ1n) is 8.80. The molecule has 0 radical (unpaired) electrons. The van der Waals surface area contributed by atoms with E-state index in [0.29, 0.717) is 17.9 Å². The van der Waals surface area contributed by atoms with Crippen molar-refractivity contribution in [2.24, 2.45) is 5.73 Å². The van der Waals surface area contributed by atoms with Gasteiger partial charge in [0.05, 0.1) is 12.6 Å². The summed E-state index contributed by atoms with van der Waals surface area (Å²) in [6.07, 6.45) is 4.25. The molecule has 4 unspecified atom stereocenters. The fourth-order valence-electron chi connectivity index (χ4n) is 2.10. The molecule has 7 N–H and O–H groups in total. The van der Waals surface area contributed by atoms with Gasteiger partial charge in [0.25, 0.3) is 0 Å². The second-order valence-corrected chi connectivity index (χ2v) is 8.39. The summed E-state index contributed by atoms with van der Waals surface area (Å²) in [6, 6.07) is -4.27. The number of thioether (sulfide) groups is 2. The van der Waals surface area contributed by atoms with Gasteiger partial charge in [0.1, 0.15) is 18.1 Å². The van der Waals surface area contributed by atoms with Gasteiger partial charge in [-0.25, -0.2) is 4.79 Å². The summed E-state index contributed by atoms with van der Waals surface area (Å²) < 4.78 is 0. The van der Waals surface area contributed by atoms with Gasteiger partial charge in [-0.15, -0.1) is 0 Å². The van der Waals surface area contributed by atoms with Crippen molar-refractivity contribution in [2.45, 2.75) is 37.0 Å². The number of hydrogen-bond acceptors (Lipinski definition) is 9. The highest BCUT2D eigenvalue weighted by Crippen LogP contribution is 2.06. The molecule has 3 amide bonds. The predicted octanol–water partition coefficient (Wildman–Crippen LogP) is -1.72. The van der Waals surface area contributed by atoms with Crippen LogP contribution in [-0.4, -0.2) is 94.4 Å². The van der Waals surface area contributed by atoms with Crippen LogP contribution in [0.3, 0.4) is 0 Å². The Bertz CT molecular complexity index is 555. The van der Waals surface area contributed by atoms with E-state index in [1.807, 2.05) is 12.5 Å². The zero-order valence-corrected chi connectivity index (χ0v) is 18.9. The Hall–Kier alpha value is -1.15. The second-order valence-electron chi connectivity index (χ2n) is 6.06. The number of hydrogen-bond donors (Lipinski definition) is 7. The van der Waals surface area contributed by atoms with Crippen LogP contribution < -0.4 is 21.7 Å². The molecule has 168 valence electrons. The van der Waals surface area contributed by atoms with Gasteiger partial charge >= 0.3 is 5.97 Å². The van der Waals surface area contributed by atoms with Crippen LogP contribution in [0.1, 0.15) is 12.8 Å². The van der Waals surface area contributed by atoms with Gasteiger partial charge in [0, 0.05) is 5.75 Å². The highest BCUT2D eigenvalue weighted by atomic mass is 32.2. The summed E-state index contributed by atoms with van der Waals surface area (Å²) in [7, 11) is 0. The third kappa shape index (κ3) is 11.0. The second kappa shape index (κ2) is 15.7. The average Bonchev–Trinajstić information content (AvgIpc) is 2.70. The standard InChI is InChI=1S/C16H30N4O6S3/c1-28-5-3-10(18-13(22)9(17)8-27)14(23)19-11(4-6-29-2)15(24)20-12(7-21)16(25)26/h9-12,21,27H,3-8,17H2,1-2H3,(H,18,22)(H,19,23)(H,20,24)(H,25,26). The van der Waals surface area contributed by atoms with Gasteiger partial charge in [-0.2, -0.15) is 36.2 Å². The van der Waals surface area contributed by atoms with E-state index in [1.54, 1.807) is 0 Å². The fraction of sp³-hybridized carbons (Fsp3) is 0.750. The molecule has 0 spiro atoms. The van der Waals surface area contributed by atoms with E-state index in [-0.39, 0.29) is 12.2 Å². The highest BCUT2D eigenvalue weighted by molar-refractivity contribution is 7.98. The number of aliphatic hydroxyl groups is 1. The lowest BCUT2D eigenvalue weighted by Gasteiger charge is -2.24. The van der Waals surface area contributed by atoms with E-state index in [2.05, 4.69) is 28.6 Å². The lowest BCUT2D eigenvalue weighted by atomic mass is 10.1. The Labute approximate surface area is 184 Å². The summed E-state index contributed by atoms with van der Waals surface area (Å²) in [5.41, 5.74) is 5.64. The van der Waals surface area contributed by atoms with Crippen molar-refractivity contribution in [1.82, 2.24) is 16.0 Å². The lowest BCUT2D eigenvalue weighted by Crippen LogP contribution is -2.57. The summed E-state index contributed by atoms with van der Waals surface area (Å²) in [6.45, 7) is -0.779. The molecule has 0 rings (SSSR count). The van der Waals surface area contributed by atoms with Gasteiger partial charge in [-0.3, -0.25) is 14.4 Å². The Morgan fingerprint density at radius 2 is 1.31 bits per heavy atom. The number of rotatable bonds is 15. The minimum Gasteiger partial charge on any atom is -0.480 e. The Balaban J connectivity index is 5.25. The third-order valence-corrected chi connectivity index (χ3v) is 5.50. The van der Waals surface area contributed by atoms with Crippen molar-refractivity contribution < 1.29 is 29.4 Å². The number of amides is 3. The lowest BCUT2D eigenvalue weighted by molar-refractivity contribution is -0.143. The van der Waals surface area contributed by atoms with Crippen LogP contribution in [0.2, 0.25) is 0 Å². The first-order valence-corrected chi connectivity index (χ1v) is 12.2. The van der Waals surface area contributed by atoms with Crippen molar-refractivity contribution in [3.8, 4) is 0 Å². The number of nitrogens with one attached hydrogen (secondary N) is 3. The summed E-state index contributed by atoms with van der Waals surface area (Å²) in [4.78, 5) is 48.2. The normalized spacial score (nSPS) is 14.9. The Morgan fingerprint density at radius 3 is 1.66 bits per heavy atom. The first kappa shape index (κ1) is 27.8. The maximum atomic E-state index is 12.7. The largest absolute Gasteiger partial charge is 0.480 e. The zero-order chi connectivity index (χ0) is 22.4. The van der Waals surface area contributed by atoms with Gasteiger partial charge in [-0.05, 0) is 36.9 Å². The molecule has 0 aliphatic carbocycles. The molecule has 0 aliphatic heterocycles. The first-order chi connectivity index (χ1) is 13.7. The minimum atomic E-state index is -1.48. The van der Waals surface area contributed by atoms with Crippen molar-refractivity contribution in [1.29, 1.82) is 0 Å². The number of carboxylic acids is 1. The summed E-state index contributed by atoms with van der Waals surface area (Å²) in [5, 5.41) is 25.4. The van der Waals surface area contributed by atoms with Crippen molar-refractivity contribution in [3.05, 3.63) is 0 Å². The maximum absolute atomic E-state index is 12.7. The van der Waals surface area contributed by atoms with Crippen molar-refractivity contribution >= 4 is 59.8 Å². The number of carbonyl (C=O) groups excluding carboxylic acids is 3. The molecule has 0 saturated heterocycles. The number of aliphatic hydroxyl groups excluding tert-OH is 1. The molecule has 13 heteroatoms. The number of carbonyl (C=O) groups is 4. The van der Waals surface area contributed by atoms with E-state index in [0.717, 1.165) is 0 Å². The average molecular weight is 471 g/mol. The van der Waals surface area contributed by atoms with Crippen LogP contribution in [0.15, 0.2) is 0 Å². The van der Waals surface area contributed by atoms with Crippen LogP contribution in [0.25, 0.3) is 0 Å². The monoisotopic (exact) mass is 470 g/mol. The van der Waals surface area contributed by atoms with Gasteiger partial charge in [0.15, 0.2) is 0 Å². The van der Waals surface area contributed by atoms with Crippen LogP contribution in [-0.2, 0) is 19.2 Å². The van der Waals surface area contributed by atoms with Crippen LogP contribution >= 0.6 is 36.2 Å². The molecule has 0 saturated carbocycles. The SMILES string of the molecule is CSCCC(NC(=O)C(N)CS)C(=O)NC(CCSC)C(=O)NC(CO)C(=O)O. The van der Waals surface area contributed by atoms with E-state index in [9.17, 15) is 19.2 Å². The topological polar surface area (TPSA) is 171 Å². The van der Waals surface area contributed by atoms with E-state index >= 15 is 0 Å². The zero-order valence-electron chi connectivity index (χ0n) is 16.4. The van der Waals surface area contributed by atoms with Crippen LogP contribution in [0.5, 0.6) is 0 Å².